The number of amides is 1. The van der Waals surface area contributed by atoms with Crippen LogP contribution in [0.3, 0.4) is 0 Å². The summed E-state index contributed by atoms with van der Waals surface area (Å²) in [5.41, 5.74) is 2.21. The van der Waals surface area contributed by atoms with Gasteiger partial charge < -0.3 is 14.8 Å². The fourth-order valence-corrected chi connectivity index (χ4v) is 2.75. The number of fused-ring (bicyclic) bond motifs is 1. The molecular formula is C16H13Cl2NO3. The lowest BCUT2D eigenvalue weighted by molar-refractivity contribution is -0.0170. The van der Waals surface area contributed by atoms with E-state index in [2.05, 4.69) is 5.32 Å². The second kappa shape index (κ2) is 6.57. The van der Waals surface area contributed by atoms with Crippen LogP contribution in [0.4, 0.5) is 0 Å². The van der Waals surface area contributed by atoms with E-state index in [0.717, 1.165) is 16.9 Å². The summed E-state index contributed by atoms with van der Waals surface area (Å²) in [4.78, 5) is 12.2. The topological polar surface area (TPSA) is 47.6 Å². The number of hydrogen-bond donors (Lipinski definition) is 1. The van der Waals surface area contributed by atoms with Crippen LogP contribution in [-0.2, 0) is 17.9 Å². The van der Waals surface area contributed by atoms with Gasteiger partial charge in [-0.25, -0.2) is 0 Å². The van der Waals surface area contributed by atoms with E-state index in [9.17, 15) is 4.79 Å². The molecule has 0 radical (unpaired) electrons. The van der Waals surface area contributed by atoms with E-state index in [-0.39, 0.29) is 12.7 Å². The minimum absolute atomic E-state index is 0.198. The first-order valence-corrected chi connectivity index (χ1v) is 7.44. The fourth-order valence-electron chi connectivity index (χ4n) is 2.30. The molecular weight excluding hydrogens is 325 g/mol. The number of rotatable bonds is 3. The number of carbonyl (C=O) groups is 1. The van der Waals surface area contributed by atoms with Crippen LogP contribution in [0.15, 0.2) is 36.4 Å². The van der Waals surface area contributed by atoms with Crippen LogP contribution in [0, 0.1) is 0 Å². The number of nitrogens with one attached hydrogen (secondary N) is 1. The molecule has 1 N–H and O–H groups in total. The molecule has 2 aromatic carbocycles. The van der Waals surface area contributed by atoms with Gasteiger partial charge in [0.25, 0.3) is 5.91 Å². The maximum atomic E-state index is 12.2. The van der Waals surface area contributed by atoms with Crippen molar-refractivity contribution in [3.05, 3.63) is 63.1 Å². The normalized spacial score (nSPS) is 13.2. The molecule has 0 unspecified atom stereocenters. The van der Waals surface area contributed by atoms with Crippen LogP contribution >= 0.6 is 23.2 Å². The van der Waals surface area contributed by atoms with Gasteiger partial charge in [-0.15, -0.1) is 0 Å². The van der Waals surface area contributed by atoms with Crippen molar-refractivity contribution in [2.24, 2.45) is 0 Å². The quantitative estimate of drug-likeness (QED) is 0.926. The molecule has 0 fully saturated rings. The summed E-state index contributed by atoms with van der Waals surface area (Å²) in [5.74, 6) is 0.519. The summed E-state index contributed by atoms with van der Waals surface area (Å²) >= 11 is 12.0. The summed E-state index contributed by atoms with van der Waals surface area (Å²) < 4.78 is 10.7. The molecule has 114 valence electrons. The van der Waals surface area contributed by atoms with Gasteiger partial charge in [0.15, 0.2) is 6.79 Å². The SMILES string of the molecule is O=C(NCc1cc(Cl)cc2c1OCOC2)c1cccc(Cl)c1. The zero-order valence-corrected chi connectivity index (χ0v) is 13.1. The summed E-state index contributed by atoms with van der Waals surface area (Å²) in [6.45, 7) is 0.962. The molecule has 0 spiro atoms. The number of benzene rings is 2. The summed E-state index contributed by atoms with van der Waals surface area (Å²) in [6.07, 6.45) is 0. The van der Waals surface area contributed by atoms with E-state index in [1.165, 1.54) is 0 Å². The van der Waals surface area contributed by atoms with Gasteiger partial charge in [-0.05, 0) is 30.3 Å². The molecule has 4 nitrogen and oxygen atoms in total. The lowest BCUT2D eigenvalue weighted by atomic mass is 10.1. The monoisotopic (exact) mass is 337 g/mol. The lowest BCUT2D eigenvalue weighted by Crippen LogP contribution is -2.24. The molecule has 3 rings (SSSR count). The summed E-state index contributed by atoms with van der Waals surface area (Å²) in [7, 11) is 0. The van der Waals surface area contributed by atoms with Crippen LogP contribution in [0.2, 0.25) is 10.0 Å². The highest BCUT2D eigenvalue weighted by atomic mass is 35.5. The second-order valence-electron chi connectivity index (χ2n) is 4.86. The van der Waals surface area contributed by atoms with E-state index in [0.29, 0.717) is 28.8 Å². The smallest absolute Gasteiger partial charge is 0.251 e. The highest BCUT2D eigenvalue weighted by molar-refractivity contribution is 6.31. The molecule has 0 bridgehead atoms. The van der Waals surface area contributed by atoms with E-state index >= 15 is 0 Å². The van der Waals surface area contributed by atoms with Gasteiger partial charge in [-0.2, -0.15) is 0 Å². The zero-order valence-electron chi connectivity index (χ0n) is 11.6. The predicted octanol–water partition coefficient (Wildman–Crippen LogP) is 3.79. The first kappa shape index (κ1) is 15.2. The average molecular weight is 338 g/mol. The molecule has 0 atom stereocenters. The van der Waals surface area contributed by atoms with E-state index in [1.54, 1.807) is 36.4 Å². The first-order chi connectivity index (χ1) is 10.6. The first-order valence-electron chi connectivity index (χ1n) is 6.69. The van der Waals surface area contributed by atoms with Gasteiger partial charge in [-0.3, -0.25) is 4.79 Å². The Morgan fingerprint density at radius 3 is 2.86 bits per heavy atom. The van der Waals surface area contributed by atoms with Crippen molar-refractivity contribution in [1.82, 2.24) is 5.32 Å². The van der Waals surface area contributed by atoms with Crippen LogP contribution in [-0.4, -0.2) is 12.7 Å². The Hall–Kier alpha value is -1.75. The Kier molecular flexibility index (Phi) is 4.52. The fraction of sp³-hybridized carbons (Fsp3) is 0.188. The zero-order chi connectivity index (χ0) is 15.5. The van der Waals surface area contributed by atoms with Gasteiger partial charge in [0.1, 0.15) is 5.75 Å². The average Bonchev–Trinajstić information content (AvgIpc) is 2.52. The predicted molar refractivity (Wildman–Crippen MR) is 84.4 cm³/mol. The third-order valence-corrected chi connectivity index (χ3v) is 3.73. The number of halogens is 2. The molecule has 1 aliphatic rings. The maximum absolute atomic E-state index is 12.2. The minimum atomic E-state index is -0.205. The molecule has 1 heterocycles. The minimum Gasteiger partial charge on any atom is -0.467 e. The molecule has 2 aromatic rings. The number of ether oxygens (including phenoxy) is 2. The van der Waals surface area contributed by atoms with Gasteiger partial charge >= 0.3 is 0 Å². The molecule has 22 heavy (non-hydrogen) atoms. The van der Waals surface area contributed by atoms with Crippen molar-refractivity contribution in [3.8, 4) is 5.75 Å². The van der Waals surface area contributed by atoms with Gasteiger partial charge in [-0.1, -0.05) is 29.3 Å². The number of hydrogen-bond acceptors (Lipinski definition) is 3. The summed E-state index contributed by atoms with van der Waals surface area (Å²) in [5, 5.41) is 3.95. The highest BCUT2D eigenvalue weighted by Crippen LogP contribution is 2.31. The molecule has 6 heteroatoms. The Bertz CT molecular complexity index is 719. The summed E-state index contributed by atoms with van der Waals surface area (Å²) in [6, 6.07) is 10.4. The second-order valence-corrected chi connectivity index (χ2v) is 5.73. The van der Waals surface area contributed by atoms with Crippen LogP contribution in [0.1, 0.15) is 21.5 Å². The molecule has 1 aliphatic heterocycles. The Morgan fingerprint density at radius 1 is 1.18 bits per heavy atom. The molecule has 0 saturated carbocycles. The Balaban J connectivity index is 1.76. The standard InChI is InChI=1S/C16H13Cl2NO3/c17-13-3-1-2-10(4-13)16(20)19-7-11-5-14(18)6-12-8-21-9-22-15(11)12/h1-6H,7-9H2,(H,19,20). The van der Waals surface area contributed by atoms with Crippen molar-refractivity contribution < 1.29 is 14.3 Å². The van der Waals surface area contributed by atoms with E-state index < -0.39 is 0 Å². The van der Waals surface area contributed by atoms with Crippen molar-refractivity contribution in [2.45, 2.75) is 13.2 Å². The van der Waals surface area contributed by atoms with E-state index in [1.807, 2.05) is 0 Å². The van der Waals surface area contributed by atoms with Gasteiger partial charge in [0.2, 0.25) is 0 Å². The lowest BCUT2D eigenvalue weighted by Gasteiger charge is -2.21. The largest absolute Gasteiger partial charge is 0.467 e. The third kappa shape index (κ3) is 3.35. The Morgan fingerprint density at radius 2 is 2.05 bits per heavy atom. The molecule has 0 saturated heterocycles. The maximum Gasteiger partial charge on any atom is 0.251 e. The molecule has 0 aromatic heterocycles. The third-order valence-electron chi connectivity index (χ3n) is 3.28. The molecule has 0 aliphatic carbocycles. The van der Waals surface area contributed by atoms with Crippen molar-refractivity contribution in [1.29, 1.82) is 0 Å². The van der Waals surface area contributed by atoms with Gasteiger partial charge in [0.05, 0.1) is 6.61 Å². The highest BCUT2D eigenvalue weighted by Gasteiger charge is 2.17. The Labute approximate surface area is 137 Å². The van der Waals surface area contributed by atoms with Crippen LogP contribution < -0.4 is 10.1 Å². The molecule has 1 amide bonds. The van der Waals surface area contributed by atoms with Crippen LogP contribution in [0.5, 0.6) is 5.75 Å². The van der Waals surface area contributed by atoms with Crippen molar-refractivity contribution in [2.75, 3.05) is 6.79 Å². The number of carbonyl (C=O) groups excluding carboxylic acids is 1. The van der Waals surface area contributed by atoms with Crippen LogP contribution in [0.25, 0.3) is 0 Å². The van der Waals surface area contributed by atoms with Gasteiger partial charge in [0, 0.05) is 33.3 Å². The van der Waals surface area contributed by atoms with Crippen molar-refractivity contribution >= 4 is 29.1 Å². The van der Waals surface area contributed by atoms with E-state index in [4.69, 9.17) is 32.7 Å². The van der Waals surface area contributed by atoms with Crippen molar-refractivity contribution in [3.63, 3.8) is 0 Å².